The Hall–Kier alpha value is -3.28. The summed E-state index contributed by atoms with van der Waals surface area (Å²) >= 11 is 7.01. The molecule has 3 N–H and O–H groups in total. The van der Waals surface area contributed by atoms with E-state index in [0.717, 1.165) is 22.3 Å². The van der Waals surface area contributed by atoms with Gasteiger partial charge in [-0.3, -0.25) is 14.4 Å². The molecule has 33 heavy (non-hydrogen) atoms. The number of thiophene rings is 1. The quantitative estimate of drug-likeness (QED) is 0.523. The number of nitrogen functional groups attached to an aromatic ring is 1. The zero-order valence-corrected chi connectivity index (χ0v) is 19.2. The molecule has 0 radical (unpaired) electrons. The first-order valence-electron chi connectivity index (χ1n) is 10.0. The lowest BCUT2D eigenvalue weighted by molar-refractivity contribution is -0.157. The molecule has 0 bridgehead atoms. The van der Waals surface area contributed by atoms with E-state index in [1.54, 1.807) is 17.0 Å². The summed E-state index contributed by atoms with van der Waals surface area (Å²) in [6, 6.07) is 7.84. The minimum atomic E-state index is -0.910. The van der Waals surface area contributed by atoms with Gasteiger partial charge in [0.15, 0.2) is 0 Å². The Morgan fingerprint density at radius 1 is 1.27 bits per heavy atom. The number of halogens is 1. The van der Waals surface area contributed by atoms with Crippen LogP contribution < -0.4 is 11.1 Å². The lowest BCUT2D eigenvalue weighted by Gasteiger charge is -2.40. The van der Waals surface area contributed by atoms with Crippen LogP contribution in [0.1, 0.15) is 5.56 Å². The van der Waals surface area contributed by atoms with E-state index in [4.69, 9.17) is 22.1 Å². The minimum Gasteiger partial charge on any atom is -0.383 e. The fourth-order valence-corrected chi connectivity index (χ4v) is 4.62. The molecule has 3 aromatic rings. The smallest absolute Gasteiger partial charge is 0.314 e. The van der Waals surface area contributed by atoms with Crippen molar-refractivity contribution in [1.29, 1.82) is 0 Å². The summed E-state index contributed by atoms with van der Waals surface area (Å²) in [6.45, 7) is 0.758. The summed E-state index contributed by atoms with van der Waals surface area (Å²) in [5.41, 5.74) is 7.42. The van der Waals surface area contributed by atoms with Gasteiger partial charge in [0.25, 0.3) is 0 Å². The highest BCUT2D eigenvalue weighted by Crippen LogP contribution is 2.26. The van der Waals surface area contributed by atoms with E-state index < -0.39 is 17.9 Å². The first-order chi connectivity index (χ1) is 15.9. The van der Waals surface area contributed by atoms with Crippen molar-refractivity contribution < 1.29 is 19.1 Å². The second kappa shape index (κ2) is 9.69. The van der Waals surface area contributed by atoms with Crippen molar-refractivity contribution in [2.24, 2.45) is 0 Å². The number of ether oxygens (including phenoxy) is 1. The Morgan fingerprint density at radius 2 is 2.09 bits per heavy atom. The Bertz CT molecular complexity index is 1220. The number of anilines is 2. The van der Waals surface area contributed by atoms with Crippen LogP contribution in [-0.2, 0) is 25.7 Å². The molecule has 3 amide bonds. The van der Waals surface area contributed by atoms with Crippen molar-refractivity contribution >= 4 is 62.4 Å². The largest absolute Gasteiger partial charge is 0.383 e. The summed E-state index contributed by atoms with van der Waals surface area (Å²) in [4.78, 5) is 49.6. The number of carbonyl (C=O) groups is 3. The molecule has 0 aliphatic carbocycles. The predicted octanol–water partition coefficient (Wildman–Crippen LogP) is 1.75. The van der Waals surface area contributed by atoms with Gasteiger partial charge in [0.2, 0.25) is 5.91 Å². The number of rotatable bonds is 5. The van der Waals surface area contributed by atoms with Crippen molar-refractivity contribution in [2.45, 2.75) is 12.6 Å². The van der Waals surface area contributed by atoms with E-state index >= 15 is 0 Å². The van der Waals surface area contributed by atoms with E-state index in [9.17, 15) is 14.4 Å². The van der Waals surface area contributed by atoms with Crippen LogP contribution in [-0.4, -0.2) is 70.3 Å². The second-order valence-electron chi connectivity index (χ2n) is 7.40. The van der Waals surface area contributed by atoms with Crippen LogP contribution in [0.3, 0.4) is 0 Å². The van der Waals surface area contributed by atoms with Crippen molar-refractivity contribution in [3.05, 3.63) is 46.6 Å². The fourth-order valence-electron chi connectivity index (χ4n) is 3.68. The number of carbonyl (C=O) groups excluding carboxylic acids is 3. The number of nitrogens with two attached hydrogens (primary N) is 1. The maximum atomic E-state index is 13.2. The number of hydrogen-bond acceptors (Lipinski definition) is 8. The highest BCUT2D eigenvalue weighted by molar-refractivity contribution is 7.20. The molecular weight excluding hydrogens is 468 g/mol. The molecule has 4 rings (SSSR count). The molecule has 1 fully saturated rings. The van der Waals surface area contributed by atoms with Gasteiger partial charge in [-0.25, -0.2) is 9.97 Å². The van der Waals surface area contributed by atoms with E-state index in [0.29, 0.717) is 27.2 Å². The number of nitrogens with one attached hydrogen (secondary N) is 1. The van der Waals surface area contributed by atoms with Crippen LogP contribution in [0.15, 0.2) is 36.7 Å². The average molecular weight is 489 g/mol. The predicted molar refractivity (Wildman–Crippen MR) is 125 cm³/mol. The maximum absolute atomic E-state index is 13.2. The van der Waals surface area contributed by atoms with Gasteiger partial charge in [-0.05, 0) is 29.8 Å². The molecule has 1 saturated heterocycles. The van der Waals surface area contributed by atoms with Crippen LogP contribution in [0.5, 0.6) is 0 Å². The Kier molecular flexibility index (Phi) is 6.72. The summed E-state index contributed by atoms with van der Waals surface area (Å²) in [7, 11) is 1.44. The number of aromatic nitrogens is 2. The van der Waals surface area contributed by atoms with Gasteiger partial charge in [-0.15, -0.1) is 11.3 Å². The number of nitrogens with zero attached hydrogens (tertiary/aromatic N) is 4. The van der Waals surface area contributed by atoms with Crippen LogP contribution in [0.25, 0.3) is 10.9 Å². The van der Waals surface area contributed by atoms with Gasteiger partial charge in [0, 0.05) is 32.1 Å². The molecule has 0 saturated carbocycles. The SMILES string of the molecule is COCC1C(=O)N(Cc2ccc3c(N)ncnc3c2)CCN1C(=O)C(=O)Nc1ccc(Cl)s1. The molecule has 10 nitrogen and oxygen atoms in total. The highest BCUT2D eigenvalue weighted by atomic mass is 35.5. The first-order valence-corrected chi connectivity index (χ1v) is 11.2. The van der Waals surface area contributed by atoms with Gasteiger partial charge in [-0.2, -0.15) is 0 Å². The molecule has 0 spiro atoms. The number of benzene rings is 1. The van der Waals surface area contributed by atoms with E-state index in [1.165, 1.54) is 18.3 Å². The Morgan fingerprint density at radius 3 is 2.82 bits per heavy atom. The van der Waals surface area contributed by atoms with E-state index in [1.807, 2.05) is 18.2 Å². The number of piperazine rings is 1. The molecule has 1 unspecified atom stereocenters. The van der Waals surface area contributed by atoms with Gasteiger partial charge in [0.1, 0.15) is 18.2 Å². The van der Waals surface area contributed by atoms with Crippen molar-refractivity contribution in [3.63, 3.8) is 0 Å². The number of hydrogen-bond donors (Lipinski definition) is 2. The molecule has 1 aliphatic rings. The zero-order valence-electron chi connectivity index (χ0n) is 17.7. The van der Waals surface area contributed by atoms with Gasteiger partial charge < -0.3 is 25.6 Å². The van der Waals surface area contributed by atoms with Crippen molar-refractivity contribution in [3.8, 4) is 0 Å². The minimum absolute atomic E-state index is 0.0271. The van der Waals surface area contributed by atoms with Crippen LogP contribution in [0.2, 0.25) is 4.34 Å². The molecule has 1 aromatic carbocycles. The fraction of sp³-hybridized carbons (Fsp3) is 0.286. The molecule has 12 heteroatoms. The topological polar surface area (TPSA) is 131 Å². The summed E-state index contributed by atoms with van der Waals surface area (Å²) < 4.78 is 5.67. The molecule has 3 heterocycles. The Balaban J connectivity index is 1.48. The van der Waals surface area contributed by atoms with Gasteiger partial charge >= 0.3 is 11.8 Å². The molecular formula is C21H21ClN6O4S. The second-order valence-corrected chi connectivity index (χ2v) is 9.11. The van der Waals surface area contributed by atoms with Crippen LogP contribution in [0.4, 0.5) is 10.8 Å². The maximum Gasteiger partial charge on any atom is 0.314 e. The number of methoxy groups -OCH3 is 1. The highest BCUT2D eigenvalue weighted by Gasteiger charge is 2.39. The average Bonchev–Trinajstić information content (AvgIpc) is 3.20. The zero-order chi connectivity index (χ0) is 23.5. The van der Waals surface area contributed by atoms with Crippen molar-refractivity contribution in [1.82, 2.24) is 19.8 Å². The molecule has 1 aliphatic heterocycles. The lowest BCUT2D eigenvalue weighted by Crippen LogP contribution is -2.61. The van der Waals surface area contributed by atoms with E-state index in [2.05, 4.69) is 15.3 Å². The normalized spacial score (nSPS) is 16.3. The standard InChI is InChI=1S/C21H21ClN6O4S/c1-32-10-15-20(30)27(9-12-2-3-13-14(8-12)24-11-25-18(13)23)6-7-28(15)21(31)19(29)26-17-5-4-16(22)33-17/h2-5,8,11,15H,6-7,9-10H2,1H3,(H,26,29)(H2,23,24,25). The van der Waals surface area contributed by atoms with Crippen molar-refractivity contribution in [2.75, 3.05) is 37.9 Å². The van der Waals surface area contributed by atoms with Gasteiger partial charge in [0.05, 0.1) is 21.5 Å². The van der Waals surface area contributed by atoms with Gasteiger partial charge in [-0.1, -0.05) is 17.7 Å². The Labute approximate surface area is 198 Å². The third kappa shape index (κ3) is 4.90. The summed E-state index contributed by atoms with van der Waals surface area (Å²) in [5, 5.41) is 3.71. The third-order valence-electron chi connectivity index (χ3n) is 5.28. The number of fused-ring (bicyclic) bond motifs is 1. The van der Waals surface area contributed by atoms with E-state index in [-0.39, 0.29) is 25.6 Å². The van der Waals surface area contributed by atoms with Crippen LogP contribution in [0, 0.1) is 0 Å². The summed E-state index contributed by atoms with van der Waals surface area (Å²) in [6.07, 6.45) is 1.39. The third-order valence-corrected chi connectivity index (χ3v) is 6.43. The van der Waals surface area contributed by atoms with Crippen LogP contribution >= 0.6 is 22.9 Å². The molecule has 172 valence electrons. The molecule has 1 atom stereocenters. The summed E-state index contributed by atoms with van der Waals surface area (Å²) in [5.74, 6) is -1.54. The first kappa shape index (κ1) is 22.9. The molecule has 2 aromatic heterocycles. The monoisotopic (exact) mass is 488 g/mol. The number of amides is 3. The lowest BCUT2D eigenvalue weighted by atomic mass is 10.1.